The number of halogens is 1. The summed E-state index contributed by atoms with van der Waals surface area (Å²) >= 11 is 0. The average molecular weight is 370 g/mol. The summed E-state index contributed by atoms with van der Waals surface area (Å²) in [4.78, 5) is 6.70. The molecule has 0 bridgehead atoms. The number of nitrogens with zero attached hydrogens (tertiary/aromatic N) is 2. The van der Waals surface area contributed by atoms with Crippen molar-refractivity contribution in [1.82, 2.24) is 20.7 Å². The molecule has 0 radical (unpaired) electrons. The van der Waals surface area contributed by atoms with Crippen LogP contribution in [0.15, 0.2) is 48.8 Å². The fourth-order valence-corrected chi connectivity index (χ4v) is 4.17. The van der Waals surface area contributed by atoms with Crippen molar-refractivity contribution < 1.29 is 9.13 Å². The highest BCUT2D eigenvalue weighted by Crippen LogP contribution is 2.26. The molecule has 1 aromatic carbocycles. The third-order valence-corrected chi connectivity index (χ3v) is 5.57. The molecule has 0 spiro atoms. The van der Waals surface area contributed by atoms with Gasteiger partial charge in [-0.3, -0.25) is 20.7 Å². The van der Waals surface area contributed by atoms with E-state index >= 15 is 0 Å². The molecule has 0 aliphatic carbocycles. The number of benzene rings is 1. The number of pyridine rings is 1. The topological polar surface area (TPSA) is 49.4 Å². The average Bonchev–Trinajstić information content (AvgIpc) is 3.33. The van der Waals surface area contributed by atoms with E-state index in [2.05, 4.69) is 32.9 Å². The Morgan fingerprint density at radius 1 is 1.11 bits per heavy atom. The monoisotopic (exact) mass is 370 g/mol. The van der Waals surface area contributed by atoms with E-state index in [1.54, 1.807) is 12.1 Å². The zero-order chi connectivity index (χ0) is 18.5. The van der Waals surface area contributed by atoms with E-state index in [9.17, 15) is 4.39 Å². The predicted molar refractivity (Wildman–Crippen MR) is 103 cm³/mol. The standard InChI is InChI=1S/C21H27FN4O/c22-17-3-5-19(6-4-17)27-13-9-18-14-20(25-24-18)21-2-1-12-26(21)15-16-7-10-23-11-8-16/h3-8,10-11,18,20-21,24-25H,1-2,9,12-15H2. The van der Waals surface area contributed by atoms with Gasteiger partial charge >= 0.3 is 0 Å². The fraction of sp³-hybridized carbons (Fsp3) is 0.476. The molecule has 3 heterocycles. The Hall–Kier alpha value is -2.02. The summed E-state index contributed by atoms with van der Waals surface area (Å²) in [5.74, 6) is 0.484. The van der Waals surface area contributed by atoms with Crippen molar-refractivity contribution >= 4 is 0 Å². The van der Waals surface area contributed by atoms with Gasteiger partial charge in [-0.05, 0) is 74.2 Å². The highest BCUT2D eigenvalue weighted by molar-refractivity contribution is 5.22. The van der Waals surface area contributed by atoms with Crippen LogP contribution in [0.2, 0.25) is 0 Å². The minimum absolute atomic E-state index is 0.236. The van der Waals surface area contributed by atoms with Crippen LogP contribution in [0.3, 0.4) is 0 Å². The van der Waals surface area contributed by atoms with Crippen molar-refractivity contribution in [2.45, 2.75) is 50.4 Å². The Labute approximate surface area is 159 Å². The number of hydrazine groups is 1. The lowest BCUT2D eigenvalue weighted by atomic mass is 9.99. The fourth-order valence-electron chi connectivity index (χ4n) is 4.17. The normalized spacial score (nSPS) is 25.7. The summed E-state index contributed by atoms with van der Waals surface area (Å²) in [5.41, 5.74) is 8.27. The Morgan fingerprint density at radius 3 is 2.74 bits per heavy atom. The first-order valence-electron chi connectivity index (χ1n) is 9.80. The van der Waals surface area contributed by atoms with Gasteiger partial charge in [0.05, 0.1) is 6.61 Å². The molecule has 6 heteroatoms. The highest BCUT2D eigenvalue weighted by atomic mass is 19.1. The summed E-state index contributed by atoms with van der Waals surface area (Å²) in [6.07, 6.45) is 8.26. The summed E-state index contributed by atoms with van der Waals surface area (Å²) in [6.45, 7) is 2.77. The SMILES string of the molecule is Fc1ccc(OCCC2CC(C3CCCN3Cc3ccncc3)NN2)cc1. The van der Waals surface area contributed by atoms with E-state index < -0.39 is 0 Å². The second-order valence-electron chi connectivity index (χ2n) is 7.45. The van der Waals surface area contributed by atoms with Gasteiger partial charge in [0, 0.05) is 37.1 Å². The molecule has 5 nitrogen and oxygen atoms in total. The molecule has 2 fully saturated rings. The van der Waals surface area contributed by atoms with Gasteiger partial charge in [0.1, 0.15) is 11.6 Å². The number of nitrogens with one attached hydrogen (secondary N) is 2. The van der Waals surface area contributed by atoms with Crippen molar-refractivity contribution in [3.8, 4) is 5.75 Å². The second kappa shape index (κ2) is 8.78. The van der Waals surface area contributed by atoms with Crippen molar-refractivity contribution in [2.24, 2.45) is 0 Å². The molecule has 3 unspecified atom stereocenters. The van der Waals surface area contributed by atoms with Gasteiger partial charge in [-0.1, -0.05) is 0 Å². The molecule has 2 aliphatic rings. The van der Waals surface area contributed by atoms with Crippen LogP contribution in [0.5, 0.6) is 5.75 Å². The van der Waals surface area contributed by atoms with Crippen molar-refractivity contribution in [3.05, 3.63) is 60.2 Å². The molecular weight excluding hydrogens is 343 g/mol. The molecule has 2 aromatic rings. The van der Waals surface area contributed by atoms with E-state index in [0.717, 1.165) is 31.7 Å². The van der Waals surface area contributed by atoms with Crippen LogP contribution < -0.4 is 15.6 Å². The smallest absolute Gasteiger partial charge is 0.123 e. The third-order valence-electron chi connectivity index (χ3n) is 5.57. The minimum atomic E-state index is -0.236. The lowest BCUT2D eigenvalue weighted by Crippen LogP contribution is -2.45. The number of likely N-dealkylation sites (tertiary alicyclic amines) is 1. The zero-order valence-electron chi connectivity index (χ0n) is 15.5. The molecule has 0 amide bonds. The molecule has 144 valence electrons. The van der Waals surface area contributed by atoms with Crippen LogP contribution in [0.25, 0.3) is 0 Å². The van der Waals surface area contributed by atoms with Gasteiger partial charge in [0.2, 0.25) is 0 Å². The van der Waals surface area contributed by atoms with Gasteiger partial charge in [-0.15, -0.1) is 0 Å². The van der Waals surface area contributed by atoms with E-state index in [1.165, 1.54) is 30.5 Å². The molecule has 4 rings (SSSR count). The van der Waals surface area contributed by atoms with Crippen molar-refractivity contribution in [2.75, 3.05) is 13.2 Å². The molecule has 1 aromatic heterocycles. The van der Waals surface area contributed by atoms with Crippen LogP contribution in [0, 0.1) is 5.82 Å². The molecule has 2 N–H and O–H groups in total. The maximum Gasteiger partial charge on any atom is 0.123 e. The summed E-state index contributed by atoms with van der Waals surface area (Å²) in [6, 6.07) is 11.8. The quantitative estimate of drug-likeness (QED) is 0.785. The molecule has 2 aliphatic heterocycles. The largest absolute Gasteiger partial charge is 0.494 e. The van der Waals surface area contributed by atoms with Crippen LogP contribution >= 0.6 is 0 Å². The van der Waals surface area contributed by atoms with Crippen LogP contribution in [0.4, 0.5) is 4.39 Å². The van der Waals surface area contributed by atoms with Gasteiger partial charge < -0.3 is 4.74 Å². The number of hydrogen-bond acceptors (Lipinski definition) is 5. The molecule has 3 atom stereocenters. The second-order valence-corrected chi connectivity index (χ2v) is 7.45. The van der Waals surface area contributed by atoms with E-state index in [4.69, 9.17) is 4.74 Å². The number of aromatic nitrogens is 1. The zero-order valence-corrected chi connectivity index (χ0v) is 15.5. The minimum Gasteiger partial charge on any atom is -0.494 e. The molecule has 0 saturated carbocycles. The molecular formula is C21H27FN4O. The van der Waals surface area contributed by atoms with Gasteiger partial charge in [0.25, 0.3) is 0 Å². The summed E-state index contributed by atoms with van der Waals surface area (Å²) < 4.78 is 18.7. The first-order chi connectivity index (χ1) is 13.3. The van der Waals surface area contributed by atoms with E-state index in [0.29, 0.717) is 24.7 Å². The third kappa shape index (κ3) is 4.83. The lowest BCUT2D eigenvalue weighted by Gasteiger charge is -2.29. The van der Waals surface area contributed by atoms with Crippen LogP contribution in [-0.4, -0.2) is 41.2 Å². The highest BCUT2D eigenvalue weighted by Gasteiger charge is 2.36. The summed E-state index contributed by atoms with van der Waals surface area (Å²) in [7, 11) is 0. The first-order valence-corrected chi connectivity index (χ1v) is 9.80. The van der Waals surface area contributed by atoms with Crippen molar-refractivity contribution in [3.63, 3.8) is 0 Å². The van der Waals surface area contributed by atoms with Gasteiger partial charge in [-0.2, -0.15) is 0 Å². The molecule has 27 heavy (non-hydrogen) atoms. The first kappa shape index (κ1) is 18.3. The number of ether oxygens (including phenoxy) is 1. The Bertz CT molecular complexity index is 712. The van der Waals surface area contributed by atoms with Gasteiger partial charge in [-0.25, -0.2) is 4.39 Å². The maximum absolute atomic E-state index is 12.9. The summed E-state index contributed by atoms with van der Waals surface area (Å²) in [5, 5.41) is 0. The van der Waals surface area contributed by atoms with E-state index in [1.807, 2.05) is 12.4 Å². The number of hydrogen-bond donors (Lipinski definition) is 2. The number of rotatable bonds is 7. The Balaban J connectivity index is 1.24. The van der Waals surface area contributed by atoms with E-state index in [-0.39, 0.29) is 5.82 Å². The Morgan fingerprint density at radius 2 is 1.93 bits per heavy atom. The Kier molecular flexibility index (Phi) is 5.97. The maximum atomic E-state index is 12.9. The van der Waals surface area contributed by atoms with Crippen LogP contribution in [-0.2, 0) is 6.54 Å². The van der Waals surface area contributed by atoms with Crippen molar-refractivity contribution in [1.29, 1.82) is 0 Å². The predicted octanol–water partition coefficient (Wildman–Crippen LogP) is 2.89. The lowest BCUT2D eigenvalue weighted by molar-refractivity contribution is 0.203. The van der Waals surface area contributed by atoms with Gasteiger partial charge in [0.15, 0.2) is 0 Å². The van der Waals surface area contributed by atoms with Crippen LogP contribution in [0.1, 0.15) is 31.2 Å². The molecule has 2 saturated heterocycles.